The summed E-state index contributed by atoms with van der Waals surface area (Å²) in [5.74, 6) is -0.302. The first-order valence-corrected chi connectivity index (χ1v) is 9.54. The molecule has 1 amide bonds. The topological polar surface area (TPSA) is 97.4 Å². The summed E-state index contributed by atoms with van der Waals surface area (Å²) in [6.45, 7) is 13.8. The molecule has 2 rings (SSSR count). The largest absolute Gasteiger partial charge is 0.366 e. The van der Waals surface area contributed by atoms with Crippen molar-refractivity contribution in [3.63, 3.8) is 0 Å². The molecule has 7 nitrogen and oxygen atoms in total. The van der Waals surface area contributed by atoms with Gasteiger partial charge in [0.1, 0.15) is 11.6 Å². The Bertz CT molecular complexity index is 553. The van der Waals surface area contributed by atoms with Crippen LogP contribution < -0.4 is 16.4 Å². The molecule has 0 radical (unpaired) electrons. The summed E-state index contributed by atoms with van der Waals surface area (Å²) in [6, 6.07) is 2.20. The molecule has 0 aromatic heterocycles. The maximum atomic E-state index is 12.5. The van der Waals surface area contributed by atoms with Gasteiger partial charge in [0.2, 0.25) is 0 Å². The standard InChI is InChI=1S/C19H34N6O/c1-18(2)11-16(21)12-19(3,4)25(18)14-15(13-20)17(26)23-7-10-24-8-5-22-6-9-24/h14,16,22H,5-12,21H2,1-4H3,(H,23,26)/b15-14-. The summed E-state index contributed by atoms with van der Waals surface area (Å²) in [4.78, 5) is 16.9. The summed E-state index contributed by atoms with van der Waals surface area (Å²) in [6.07, 6.45) is 3.39. The first-order valence-electron chi connectivity index (χ1n) is 9.54. The molecule has 0 atom stereocenters. The fraction of sp³-hybridized carbons (Fsp3) is 0.789. The molecule has 0 aliphatic carbocycles. The predicted octanol–water partition coefficient (Wildman–Crippen LogP) is 0.396. The third kappa shape index (κ3) is 5.19. The Labute approximate surface area is 157 Å². The number of piperidine rings is 1. The van der Waals surface area contributed by atoms with E-state index in [-0.39, 0.29) is 28.6 Å². The highest BCUT2D eigenvalue weighted by molar-refractivity contribution is 5.97. The number of nitrogens with zero attached hydrogens (tertiary/aromatic N) is 3. The minimum atomic E-state index is -0.302. The maximum absolute atomic E-state index is 12.5. The fourth-order valence-electron chi connectivity index (χ4n) is 4.35. The van der Waals surface area contributed by atoms with Crippen LogP contribution in [0.1, 0.15) is 40.5 Å². The number of nitrogens with one attached hydrogen (secondary N) is 2. The number of amides is 1. The molecular formula is C19H34N6O. The normalized spacial score (nSPS) is 24.2. The minimum Gasteiger partial charge on any atom is -0.366 e. The van der Waals surface area contributed by atoms with Gasteiger partial charge in [0.25, 0.3) is 5.91 Å². The van der Waals surface area contributed by atoms with Gasteiger partial charge in [-0.15, -0.1) is 0 Å². The summed E-state index contributed by atoms with van der Waals surface area (Å²) in [7, 11) is 0. The van der Waals surface area contributed by atoms with E-state index >= 15 is 0 Å². The van der Waals surface area contributed by atoms with Crippen LogP contribution in [0.25, 0.3) is 0 Å². The van der Waals surface area contributed by atoms with E-state index in [1.54, 1.807) is 6.20 Å². The molecule has 2 heterocycles. The molecule has 2 fully saturated rings. The van der Waals surface area contributed by atoms with Crippen LogP contribution in [0.4, 0.5) is 0 Å². The molecule has 2 saturated heterocycles. The lowest BCUT2D eigenvalue weighted by Crippen LogP contribution is -2.61. The average molecular weight is 363 g/mol. The SMILES string of the molecule is CC1(C)CC(N)CC(C)(C)N1/C=C(/C#N)C(=O)NCCN1CCNCC1. The second-order valence-electron chi connectivity index (χ2n) is 8.67. The lowest BCUT2D eigenvalue weighted by atomic mass is 9.77. The molecular weight excluding hydrogens is 328 g/mol. The van der Waals surface area contributed by atoms with Crippen molar-refractivity contribution in [2.45, 2.75) is 57.7 Å². The van der Waals surface area contributed by atoms with Crippen LogP contribution in [0, 0.1) is 11.3 Å². The third-order valence-electron chi connectivity index (χ3n) is 5.37. The number of carbonyl (C=O) groups excluding carboxylic acids is 1. The number of nitriles is 1. The monoisotopic (exact) mass is 362 g/mol. The minimum absolute atomic E-state index is 0.128. The first kappa shape index (κ1) is 20.7. The molecule has 2 aliphatic heterocycles. The van der Waals surface area contributed by atoms with Crippen molar-refractivity contribution in [3.8, 4) is 6.07 Å². The Balaban J connectivity index is 2.01. The Morgan fingerprint density at radius 2 is 1.85 bits per heavy atom. The van der Waals surface area contributed by atoms with Crippen molar-refractivity contribution >= 4 is 5.91 Å². The van der Waals surface area contributed by atoms with Gasteiger partial charge in [0.05, 0.1) is 0 Å². The molecule has 0 saturated carbocycles. The number of likely N-dealkylation sites (tertiary alicyclic amines) is 1. The van der Waals surface area contributed by atoms with Gasteiger partial charge in [-0.05, 0) is 40.5 Å². The molecule has 2 aliphatic rings. The Hall–Kier alpha value is -1.62. The van der Waals surface area contributed by atoms with E-state index in [0.29, 0.717) is 6.54 Å². The van der Waals surface area contributed by atoms with E-state index in [9.17, 15) is 10.1 Å². The number of hydrogen-bond donors (Lipinski definition) is 3. The molecule has 7 heteroatoms. The highest BCUT2D eigenvalue weighted by Crippen LogP contribution is 2.38. The van der Waals surface area contributed by atoms with Crippen molar-refractivity contribution in [1.82, 2.24) is 20.4 Å². The molecule has 0 bridgehead atoms. The van der Waals surface area contributed by atoms with Gasteiger partial charge in [-0.3, -0.25) is 9.69 Å². The van der Waals surface area contributed by atoms with Crippen LogP contribution in [-0.4, -0.2) is 72.1 Å². The van der Waals surface area contributed by atoms with E-state index in [2.05, 4.69) is 54.2 Å². The zero-order valence-electron chi connectivity index (χ0n) is 16.6. The lowest BCUT2D eigenvalue weighted by Gasteiger charge is -2.54. The smallest absolute Gasteiger partial charge is 0.263 e. The van der Waals surface area contributed by atoms with Gasteiger partial charge >= 0.3 is 0 Å². The first-order chi connectivity index (χ1) is 12.2. The Morgan fingerprint density at radius 3 is 2.38 bits per heavy atom. The van der Waals surface area contributed by atoms with E-state index in [1.165, 1.54) is 0 Å². The maximum Gasteiger partial charge on any atom is 0.263 e. The zero-order chi connectivity index (χ0) is 19.4. The average Bonchev–Trinajstić information content (AvgIpc) is 2.53. The molecule has 4 N–H and O–H groups in total. The quantitative estimate of drug-likeness (QED) is 0.484. The predicted molar refractivity (Wildman–Crippen MR) is 103 cm³/mol. The van der Waals surface area contributed by atoms with Crippen molar-refractivity contribution in [2.24, 2.45) is 5.73 Å². The molecule has 0 unspecified atom stereocenters. The van der Waals surface area contributed by atoms with Gasteiger partial charge < -0.3 is 21.3 Å². The van der Waals surface area contributed by atoms with Crippen LogP contribution >= 0.6 is 0 Å². The van der Waals surface area contributed by atoms with Crippen LogP contribution in [0.15, 0.2) is 11.8 Å². The highest BCUT2D eigenvalue weighted by atomic mass is 16.1. The van der Waals surface area contributed by atoms with Crippen LogP contribution in [-0.2, 0) is 4.79 Å². The molecule has 26 heavy (non-hydrogen) atoms. The molecule has 0 spiro atoms. The van der Waals surface area contributed by atoms with E-state index in [4.69, 9.17) is 5.73 Å². The second-order valence-corrected chi connectivity index (χ2v) is 8.67. The molecule has 0 aromatic carbocycles. The summed E-state index contributed by atoms with van der Waals surface area (Å²) in [5.41, 5.74) is 5.95. The van der Waals surface area contributed by atoms with Crippen LogP contribution in [0.2, 0.25) is 0 Å². The van der Waals surface area contributed by atoms with Crippen molar-refractivity contribution in [3.05, 3.63) is 11.8 Å². The third-order valence-corrected chi connectivity index (χ3v) is 5.37. The number of piperazine rings is 1. The van der Waals surface area contributed by atoms with Crippen molar-refractivity contribution in [2.75, 3.05) is 39.3 Å². The fourth-order valence-corrected chi connectivity index (χ4v) is 4.35. The number of carbonyl (C=O) groups is 1. The van der Waals surface area contributed by atoms with Crippen molar-refractivity contribution in [1.29, 1.82) is 5.26 Å². The van der Waals surface area contributed by atoms with E-state index < -0.39 is 0 Å². The lowest BCUT2D eigenvalue weighted by molar-refractivity contribution is -0.117. The Kier molecular flexibility index (Phi) is 6.67. The molecule has 0 aromatic rings. The van der Waals surface area contributed by atoms with E-state index in [1.807, 2.05) is 0 Å². The number of rotatable bonds is 5. The van der Waals surface area contributed by atoms with Gasteiger partial charge in [0.15, 0.2) is 0 Å². The zero-order valence-corrected chi connectivity index (χ0v) is 16.6. The van der Waals surface area contributed by atoms with Gasteiger partial charge in [-0.2, -0.15) is 5.26 Å². The van der Waals surface area contributed by atoms with Gasteiger partial charge in [0, 0.05) is 62.6 Å². The summed E-state index contributed by atoms with van der Waals surface area (Å²) >= 11 is 0. The summed E-state index contributed by atoms with van der Waals surface area (Å²) in [5, 5.41) is 15.7. The van der Waals surface area contributed by atoms with Crippen LogP contribution in [0.3, 0.4) is 0 Å². The van der Waals surface area contributed by atoms with E-state index in [0.717, 1.165) is 45.6 Å². The second kappa shape index (κ2) is 8.38. The molecule has 146 valence electrons. The number of nitrogens with two attached hydrogens (primary N) is 1. The van der Waals surface area contributed by atoms with Crippen LogP contribution in [0.5, 0.6) is 0 Å². The Morgan fingerprint density at radius 1 is 1.27 bits per heavy atom. The highest BCUT2D eigenvalue weighted by Gasteiger charge is 2.43. The summed E-state index contributed by atoms with van der Waals surface area (Å²) < 4.78 is 0. The number of hydrogen-bond acceptors (Lipinski definition) is 6. The van der Waals surface area contributed by atoms with Gasteiger partial charge in [-0.25, -0.2) is 0 Å². The van der Waals surface area contributed by atoms with Crippen molar-refractivity contribution < 1.29 is 4.79 Å². The van der Waals surface area contributed by atoms with Gasteiger partial charge in [-0.1, -0.05) is 0 Å².